The Hall–Kier alpha value is -1.87. The summed E-state index contributed by atoms with van der Waals surface area (Å²) in [5.41, 5.74) is 0.965. The van der Waals surface area contributed by atoms with Crippen molar-refractivity contribution in [1.82, 2.24) is 20.1 Å². The minimum Gasteiger partial charge on any atom is -0.351 e. The molecule has 1 saturated heterocycles. The molecule has 2 aliphatic rings. The lowest BCUT2D eigenvalue weighted by Gasteiger charge is -2.14. The summed E-state index contributed by atoms with van der Waals surface area (Å²) >= 11 is 1.31. The number of thioether (sulfide) groups is 1. The van der Waals surface area contributed by atoms with Gasteiger partial charge in [-0.1, -0.05) is 30.0 Å². The smallest absolute Gasteiger partial charge is 0.233 e. The molecule has 1 aliphatic heterocycles. The average Bonchev–Trinajstić information content (AvgIpc) is 3.31. The highest BCUT2D eigenvalue weighted by Gasteiger charge is 2.32. The Kier molecular flexibility index (Phi) is 4.98. The summed E-state index contributed by atoms with van der Waals surface area (Å²) in [5, 5.41) is 7.63. The van der Waals surface area contributed by atoms with Crippen LogP contribution in [0.3, 0.4) is 0 Å². The van der Waals surface area contributed by atoms with Gasteiger partial charge in [-0.3, -0.25) is 4.79 Å². The molecule has 144 valence electrons. The third-order valence-corrected chi connectivity index (χ3v) is 7.51. The van der Waals surface area contributed by atoms with Gasteiger partial charge in [0.15, 0.2) is 9.84 Å². The third-order valence-electron chi connectivity index (χ3n) is 4.79. The molecule has 1 aliphatic carbocycles. The van der Waals surface area contributed by atoms with Crippen LogP contribution in [0.5, 0.6) is 0 Å². The van der Waals surface area contributed by atoms with E-state index in [9.17, 15) is 13.2 Å². The lowest BCUT2D eigenvalue weighted by Crippen LogP contribution is -2.39. The predicted molar refractivity (Wildman–Crippen MR) is 104 cm³/mol. The van der Waals surface area contributed by atoms with E-state index >= 15 is 0 Å². The van der Waals surface area contributed by atoms with Gasteiger partial charge in [-0.15, -0.1) is 5.10 Å². The molecule has 1 aromatic heterocycles. The van der Waals surface area contributed by atoms with Gasteiger partial charge in [0.1, 0.15) is 5.82 Å². The molecule has 9 heteroatoms. The molecule has 1 aromatic carbocycles. The number of hydrogen-bond donors (Lipinski definition) is 1. The molecular formula is C18H22N4O3S2. The zero-order valence-electron chi connectivity index (χ0n) is 15.0. The molecule has 0 spiro atoms. The minimum absolute atomic E-state index is 0.0306. The molecule has 2 heterocycles. The molecule has 2 aromatic rings. The normalized spacial score (nSPS) is 22.5. The number of para-hydroxylation sites is 1. The second kappa shape index (κ2) is 7.27. The lowest BCUT2D eigenvalue weighted by molar-refractivity contribution is -0.120. The van der Waals surface area contributed by atoms with Crippen LogP contribution in [-0.4, -0.2) is 51.9 Å². The van der Waals surface area contributed by atoms with Gasteiger partial charge >= 0.3 is 0 Å². The van der Waals surface area contributed by atoms with E-state index in [0.29, 0.717) is 17.5 Å². The number of nitrogens with one attached hydrogen (secondary N) is 1. The molecule has 1 saturated carbocycles. The van der Waals surface area contributed by atoms with Crippen LogP contribution in [0.2, 0.25) is 0 Å². The highest BCUT2D eigenvalue weighted by atomic mass is 32.2. The number of carbonyl (C=O) groups excluding carboxylic acids is 1. The van der Waals surface area contributed by atoms with Crippen molar-refractivity contribution in [3.8, 4) is 5.69 Å². The Morgan fingerprint density at radius 1 is 1.26 bits per heavy atom. The number of benzene rings is 1. The lowest BCUT2D eigenvalue weighted by atomic mass is 10.2. The van der Waals surface area contributed by atoms with Crippen molar-refractivity contribution >= 4 is 27.5 Å². The van der Waals surface area contributed by atoms with E-state index in [1.807, 2.05) is 35.0 Å². The van der Waals surface area contributed by atoms with Gasteiger partial charge < -0.3 is 5.32 Å². The van der Waals surface area contributed by atoms with E-state index in [-0.39, 0.29) is 23.5 Å². The average molecular weight is 407 g/mol. The maximum Gasteiger partial charge on any atom is 0.233 e. The molecule has 4 rings (SSSR count). The first-order valence-electron chi connectivity index (χ1n) is 9.11. The number of nitrogens with zero attached hydrogens (tertiary/aromatic N) is 3. The highest BCUT2D eigenvalue weighted by molar-refractivity contribution is 8.00. The van der Waals surface area contributed by atoms with E-state index in [1.54, 1.807) is 6.92 Å². The summed E-state index contributed by atoms with van der Waals surface area (Å²) in [6, 6.07) is 9.58. The van der Waals surface area contributed by atoms with Crippen molar-refractivity contribution in [2.45, 2.75) is 48.6 Å². The van der Waals surface area contributed by atoms with Crippen LogP contribution in [0.25, 0.3) is 5.69 Å². The monoisotopic (exact) mass is 406 g/mol. The van der Waals surface area contributed by atoms with Crippen LogP contribution in [0, 0.1) is 0 Å². The van der Waals surface area contributed by atoms with Gasteiger partial charge in [0, 0.05) is 12.0 Å². The second-order valence-corrected chi connectivity index (χ2v) is 10.7. The molecule has 2 fully saturated rings. The fraction of sp³-hybridized carbons (Fsp3) is 0.500. The van der Waals surface area contributed by atoms with Gasteiger partial charge in [-0.05, 0) is 38.3 Å². The highest BCUT2D eigenvalue weighted by Crippen LogP contribution is 2.40. The Bertz CT molecular complexity index is 939. The van der Waals surface area contributed by atoms with Gasteiger partial charge in [-0.25, -0.2) is 18.1 Å². The Balaban J connectivity index is 1.45. The Morgan fingerprint density at radius 3 is 2.63 bits per heavy atom. The summed E-state index contributed by atoms with van der Waals surface area (Å²) in [6.45, 7) is 1.80. The van der Waals surface area contributed by atoms with E-state index in [2.05, 4.69) is 15.4 Å². The summed E-state index contributed by atoms with van der Waals surface area (Å²) in [5.74, 6) is 1.38. The van der Waals surface area contributed by atoms with Gasteiger partial charge in [-0.2, -0.15) is 0 Å². The Labute approximate surface area is 162 Å². The quantitative estimate of drug-likeness (QED) is 0.737. The number of amides is 1. The molecule has 1 N–H and O–H groups in total. The molecule has 7 nitrogen and oxygen atoms in total. The third kappa shape index (κ3) is 4.35. The standard InChI is InChI=1S/C18H22N4O3S2/c1-12(17(23)19-14-9-10-27(24,25)11-14)26-18-20-16(13-7-8-13)22(21-18)15-5-3-2-4-6-15/h2-6,12-14H,7-11H2,1H3,(H,19,23)/t12-,14-/m1/s1. The van der Waals surface area contributed by atoms with Crippen LogP contribution in [0.15, 0.2) is 35.5 Å². The van der Waals surface area contributed by atoms with E-state index in [1.165, 1.54) is 11.8 Å². The van der Waals surface area contributed by atoms with E-state index < -0.39 is 15.1 Å². The largest absolute Gasteiger partial charge is 0.351 e. The van der Waals surface area contributed by atoms with Crippen LogP contribution in [-0.2, 0) is 14.6 Å². The van der Waals surface area contributed by atoms with Crippen LogP contribution in [0.1, 0.15) is 37.9 Å². The number of sulfone groups is 1. The minimum atomic E-state index is -3.01. The maximum atomic E-state index is 12.4. The van der Waals surface area contributed by atoms with E-state index in [4.69, 9.17) is 0 Å². The number of hydrogen-bond acceptors (Lipinski definition) is 6. The topological polar surface area (TPSA) is 93.9 Å². The zero-order valence-corrected chi connectivity index (χ0v) is 16.7. The molecule has 1 amide bonds. The number of rotatable bonds is 6. The maximum absolute atomic E-state index is 12.4. The molecule has 0 radical (unpaired) electrons. The van der Waals surface area contributed by atoms with Gasteiger partial charge in [0.2, 0.25) is 11.1 Å². The fourth-order valence-corrected chi connectivity index (χ4v) is 5.60. The number of carbonyl (C=O) groups is 1. The first-order valence-corrected chi connectivity index (χ1v) is 11.8. The molecule has 27 heavy (non-hydrogen) atoms. The van der Waals surface area contributed by atoms with Crippen molar-refractivity contribution in [2.24, 2.45) is 0 Å². The predicted octanol–water partition coefficient (Wildman–Crippen LogP) is 1.93. The van der Waals surface area contributed by atoms with Crippen LogP contribution < -0.4 is 5.32 Å². The first kappa shape index (κ1) is 18.5. The zero-order chi connectivity index (χ0) is 19.0. The SMILES string of the molecule is C[C@@H](Sc1nc(C2CC2)n(-c2ccccc2)n1)C(=O)N[C@@H]1CCS(=O)(=O)C1. The molecule has 2 atom stereocenters. The molecule has 0 unspecified atom stereocenters. The van der Waals surface area contributed by atoms with Crippen molar-refractivity contribution in [1.29, 1.82) is 0 Å². The summed E-state index contributed by atoms with van der Waals surface area (Å²) in [4.78, 5) is 17.1. The van der Waals surface area contributed by atoms with E-state index in [0.717, 1.165) is 24.4 Å². The van der Waals surface area contributed by atoms with Gasteiger partial charge in [0.25, 0.3) is 0 Å². The van der Waals surface area contributed by atoms with Crippen molar-refractivity contribution in [3.05, 3.63) is 36.2 Å². The summed E-state index contributed by atoms with van der Waals surface area (Å²) < 4.78 is 25.0. The first-order chi connectivity index (χ1) is 12.9. The van der Waals surface area contributed by atoms with Crippen molar-refractivity contribution < 1.29 is 13.2 Å². The molecule has 0 bridgehead atoms. The van der Waals surface area contributed by atoms with Crippen molar-refractivity contribution in [2.75, 3.05) is 11.5 Å². The van der Waals surface area contributed by atoms with Crippen LogP contribution >= 0.6 is 11.8 Å². The summed E-state index contributed by atoms with van der Waals surface area (Å²) in [6.07, 6.45) is 2.71. The second-order valence-electron chi connectivity index (χ2n) is 7.14. The fourth-order valence-electron chi connectivity index (χ4n) is 3.16. The number of aromatic nitrogens is 3. The Morgan fingerprint density at radius 2 is 2.00 bits per heavy atom. The van der Waals surface area contributed by atoms with Crippen LogP contribution in [0.4, 0.5) is 0 Å². The van der Waals surface area contributed by atoms with Gasteiger partial charge in [0.05, 0.1) is 22.4 Å². The summed E-state index contributed by atoms with van der Waals surface area (Å²) in [7, 11) is -3.01. The van der Waals surface area contributed by atoms with Crippen molar-refractivity contribution in [3.63, 3.8) is 0 Å². The molecular weight excluding hydrogens is 384 g/mol.